The normalized spacial score (nSPS) is 17.0. The van der Waals surface area contributed by atoms with Gasteiger partial charge in [0.25, 0.3) is 0 Å². The number of hydrogen-bond acceptors (Lipinski definition) is 6. The van der Waals surface area contributed by atoms with Gasteiger partial charge in [0.15, 0.2) is 5.13 Å². The molecule has 0 bridgehead atoms. The van der Waals surface area contributed by atoms with Crippen molar-refractivity contribution in [2.75, 3.05) is 16.8 Å². The number of halogens is 1. The Morgan fingerprint density at radius 1 is 1.52 bits per heavy atom. The maximum Gasteiger partial charge on any atom is 0.345 e. The predicted octanol–water partition coefficient (Wildman–Crippen LogP) is 3.00. The van der Waals surface area contributed by atoms with Gasteiger partial charge in [0.2, 0.25) is 11.8 Å². The lowest BCUT2D eigenvalue weighted by molar-refractivity contribution is -0.380. The molecule has 1 unspecified atom stereocenters. The van der Waals surface area contributed by atoms with Crippen LogP contribution in [0.4, 0.5) is 15.8 Å². The summed E-state index contributed by atoms with van der Waals surface area (Å²) in [6.07, 6.45) is 1.14. The molecule has 0 radical (unpaired) electrons. The van der Waals surface area contributed by atoms with E-state index in [2.05, 4.69) is 10.3 Å². The standard InChI is InChI=1S/C15H13ClN4O4S/c1-8-2-3-10(5-11(8)16)19-7-9(4-12(19)21)14(22)18-15-17-6-13(25-15)20(23)24/h2-3,5-6,9H,4,7H2,1H3,(H,17,18,22). The molecule has 1 N–H and O–H groups in total. The fourth-order valence-electron chi connectivity index (χ4n) is 2.50. The zero-order valence-corrected chi connectivity index (χ0v) is 14.6. The van der Waals surface area contributed by atoms with Gasteiger partial charge in [0.1, 0.15) is 6.20 Å². The van der Waals surface area contributed by atoms with Crippen molar-refractivity contribution in [3.05, 3.63) is 45.1 Å². The molecule has 1 aromatic heterocycles. The number of rotatable bonds is 4. The lowest BCUT2D eigenvalue weighted by Gasteiger charge is -2.17. The monoisotopic (exact) mass is 380 g/mol. The predicted molar refractivity (Wildman–Crippen MR) is 94.0 cm³/mol. The Morgan fingerprint density at radius 3 is 2.92 bits per heavy atom. The van der Waals surface area contributed by atoms with Gasteiger partial charge in [0.05, 0.1) is 10.8 Å². The van der Waals surface area contributed by atoms with Crippen molar-refractivity contribution in [3.63, 3.8) is 0 Å². The highest BCUT2D eigenvalue weighted by atomic mass is 35.5. The number of thiazole rings is 1. The Hall–Kier alpha value is -2.52. The van der Waals surface area contributed by atoms with Crippen LogP contribution in [-0.2, 0) is 9.59 Å². The zero-order chi connectivity index (χ0) is 18.1. The molecule has 10 heteroatoms. The summed E-state index contributed by atoms with van der Waals surface area (Å²) in [7, 11) is 0. The topological polar surface area (TPSA) is 105 Å². The number of aryl methyl sites for hydroxylation is 1. The Balaban J connectivity index is 1.69. The minimum Gasteiger partial charge on any atom is -0.312 e. The van der Waals surface area contributed by atoms with Crippen LogP contribution in [0, 0.1) is 23.0 Å². The van der Waals surface area contributed by atoms with Gasteiger partial charge >= 0.3 is 5.00 Å². The Kier molecular flexibility index (Phi) is 4.69. The van der Waals surface area contributed by atoms with Crippen molar-refractivity contribution in [2.24, 2.45) is 5.92 Å². The fraction of sp³-hybridized carbons (Fsp3) is 0.267. The van der Waals surface area contributed by atoms with Crippen molar-refractivity contribution >= 4 is 50.6 Å². The second-order valence-corrected chi connectivity index (χ2v) is 7.01. The van der Waals surface area contributed by atoms with Crippen LogP contribution in [0.15, 0.2) is 24.4 Å². The van der Waals surface area contributed by atoms with Gasteiger partial charge in [-0.1, -0.05) is 17.7 Å². The first-order valence-corrected chi connectivity index (χ1v) is 8.52. The van der Waals surface area contributed by atoms with Crippen LogP contribution < -0.4 is 10.2 Å². The summed E-state index contributed by atoms with van der Waals surface area (Å²) in [5.74, 6) is -1.13. The number of anilines is 2. The van der Waals surface area contributed by atoms with Crippen molar-refractivity contribution in [1.29, 1.82) is 0 Å². The molecule has 1 aliphatic heterocycles. The third-order valence-electron chi connectivity index (χ3n) is 3.87. The summed E-state index contributed by atoms with van der Waals surface area (Å²) in [6.45, 7) is 2.08. The Bertz CT molecular complexity index is 869. The molecule has 130 valence electrons. The SMILES string of the molecule is Cc1ccc(N2CC(C(=O)Nc3ncc([N+](=O)[O-])s3)CC2=O)cc1Cl. The first-order valence-electron chi connectivity index (χ1n) is 7.32. The largest absolute Gasteiger partial charge is 0.345 e. The van der Waals surface area contributed by atoms with Crippen LogP contribution in [0.25, 0.3) is 0 Å². The molecule has 0 spiro atoms. The number of nitrogens with one attached hydrogen (secondary N) is 1. The van der Waals surface area contributed by atoms with Gasteiger partial charge < -0.3 is 10.2 Å². The number of carbonyl (C=O) groups is 2. The molecule has 3 rings (SSSR count). The minimum absolute atomic E-state index is 0.0603. The van der Waals surface area contributed by atoms with Crippen LogP contribution >= 0.6 is 22.9 Å². The van der Waals surface area contributed by atoms with Gasteiger partial charge in [-0.15, -0.1) is 0 Å². The molecule has 1 aromatic carbocycles. The van der Waals surface area contributed by atoms with Crippen molar-refractivity contribution in [1.82, 2.24) is 4.98 Å². The van der Waals surface area contributed by atoms with Crippen LogP contribution in [0.3, 0.4) is 0 Å². The quantitative estimate of drug-likeness (QED) is 0.648. The fourth-order valence-corrected chi connectivity index (χ4v) is 3.31. The van der Waals surface area contributed by atoms with Crippen LogP contribution in [0.1, 0.15) is 12.0 Å². The molecule has 8 nitrogen and oxygen atoms in total. The third-order valence-corrected chi connectivity index (χ3v) is 5.14. The number of benzene rings is 1. The number of nitro groups is 1. The number of hydrogen-bond donors (Lipinski definition) is 1. The van der Waals surface area contributed by atoms with E-state index in [0.29, 0.717) is 10.7 Å². The van der Waals surface area contributed by atoms with Gasteiger partial charge in [-0.25, -0.2) is 4.98 Å². The van der Waals surface area contributed by atoms with Crippen LogP contribution in [0.2, 0.25) is 5.02 Å². The van der Waals surface area contributed by atoms with E-state index in [4.69, 9.17) is 11.6 Å². The van der Waals surface area contributed by atoms with Gasteiger partial charge in [-0.2, -0.15) is 0 Å². The highest BCUT2D eigenvalue weighted by Crippen LogP contribution is 2.30. The van der Waals surface area contributed by atoms with E-state index in [1.807, 2.05) is 13.0 Å². The third kappa shape index (κ3) is 3.62. The maximum absolute atomic E-state index is 12.3. The van der Waals surface area contributed by atoms with Crippen LogP contribution in [0.5, 0.6) is 0 Å². The molecule has 1 atom stereocenters. The van der Waals surface area contributed by atoms with E-state index in [-0.39, 0.29) is 29.0 Å². The lowest BCUT2D eigenvalue weighted by Crippen LogP contribution is -2.28. The van der Waals surface area contributed by atoms with Gasteiger partial charge in [-0.05, 0) is 36.0 Å². The molecule has 25 heavy (non-hydrogen) atoms. The smallest absolute Gasteiger partial charge is 0.312 e. The first-order chi connectivity index (χ1) is 11.8. The van der Waals surface area contributed by atoms with Crippen molar-refractivity contribution in [3.8, 4) is 0 Å². The van der Waals surface area contributed by atoms with Gasteiger partial charge in [-0.3, -0.25) is 19.7 Å². The summed E-state index contributed by atoms with van der Waals surface area (Å²) >= 11 is 6.87. The van der Waals surface area contributed by atoms with Crippen molar-refractivity contribution < 1.29 is 14.5 Å². The molecule has 2 aromatic rings. The number of carbonyl (C=O) groups excluding carboxylic acids is 2. The minimum atomic E-state index is -0.574. The molecule has 0 aliphatic carbocycles. The van der Waals surface area contributed by atoms with E-state index in [1.54, 1.807) is 12.1 Å². The summed E-state index contributed by atoms with van der Waals surface area (Å²) in [4.78, 5) is 39.9. The molecule has 2 heterocycles. The zero-order valence-electron chi connectivity index (χ0n) is 13.1. The van der Waals surface area contributed by atoms with E-state index in [0.717, 1.165) is 23.1 Å². The summed E-state index contributed by atoms with van der Waals surface area (Å²) < 4.78 is 0. The van der Waals surface area contributed by atoms with E-state index in [1.165, 1.54) is 4.90 Å². The van der Waals surface area contributed by atoms with Gasteiger partial charge in [0, 0.05) is 23.7 Å². The lowest BCUT2D eigenvalue weighted by atomic mass is 10.1. The molecule has 2 amide bonds. The molecule has 1 fully saturated rings. The highest BCUT2D eigenvalue weighted by molar-refractivity contribution is 7.18. The molecule has 0 saturated carbocycles. The second kappa shape index (κ2) is 6.77. The van der Waals surface area contributed by atoms with E-state index in [9.17, 15) is 19.7 Å². The summed E-state index contributed by atoms with van der Waals surface area (Å²) in [5.41, 5.74) is 1.54. The number of amides is 2. The Labute approximate surface area is 151 Å². The summed E-state index contributed by atoms with van der Waals surface area (Å²) in [6, 6.07) is 5.29. The van der Waals surface area contributed by atoms with Crippen LogP contribution in [-0.4, -0.2) is 28.3 Å². The van der Waals surface area contributed by atoms with E-state index < -0.39 is 16.7 Å². The molecule has 1 saturated heterocycles. The maximum atomic E-state index is 12.3. The molecular formula is C15H13ClN4O4S. The Morgan fingerprint density at radius 2 is 2.28 bits per heavy atom. The average Bonchev–Trinajstić information content (AvgIpc) is 3.17. The van der Waals surface area contributed by atoms with E-state index >= 15 is 0 Å². The summed E-state index contributed by atoms with van der Waals surface area (Å²) in [5, 5.41) is 13.7. The van der Waals surface area contributed by atoms with Crippen molar-refractivity contribution in [2.45, 2.75) is 13.3 Å². The first kappa shape index (κ1) is 17.3. The number of aromatic nitrogens is 1. The molecule has 1 aliphatic rings. The highest BCUT2D eigenvalue weighted by Gasteiger charge is 2.35. The molecular weight excluding hydrogens is 368 g/mol. The number of nitrogens with zero attached hydrogens (tertiary/aromatic N) is 3. The second-order valence-electron chi connectivity index (χ2n) is 5.59. The average molecular weight is 381 g/mol.